The van der Waals surface area contributed by atoms with Crippen LogP contribution in [0.5, 0.6) is 5.75 Å². The van der Waals surface area contributed by atoms with E-state index in [4.69, 9.17) is 25.8 Å². The molecule has 1 saturated heterocycles. The van der Waals surface area contributed by atoms with Crippen molar-refractivity contribution in [3.05, 3.63) is 64.2 Å². The van der Waals surface area contributed by atoms with E-state index in [0.717, 1.165) is 41.7 Å². The first kappa shape index (κ1) is 20.2. The van der Waals surface area contributed by atoms with E-state index in [1.807, 2.05) is 49.4 Å². The Kier molecular flexibility index (Phi) is 6.77. The van der Waals surface area contributed by atoms with E-state index in [9.17, 15) is 5.11 Å². The Hall–Kier alpha value is -1.59. The van der Waals surface area contributed by atoms with Crippen molar-refractivity contribution in [3.63, 3.8) is 0 Å². The molecule has 146 valence electrons. The molecule has 5 heteroatoms. The molecule has 2 atom stereocenters. The van der Waals surface area contributed by atoms with Crippen molar-refractivity contribution in [2.45, 2.75) is 44.5 Å². The fraction of sp³-hybridized carbons (Fsp3) is 0.455. The van der Waals surface area contributed by atoms with Gasteiger partial charge in [0.25, 0.3) is 0 Å². The van der Waals surface area contributed by atoms with Crippen molar-refractivity contribution in [1.82, 2.24) is 0 Å². The first-order valence-corrected chi connectivity index (χ1v) is 9.80. The van der Waals surface area contributed by atoms with Crippen LogP contribution < -0.4 is 4.74 Å². The minimum atomic E-state index is -0.739. The van der Waals surface area contributed by atoms with Crippen LogP contribution in [0.15, 0.2) is 42.5 Å². The lowest BCUT2D eigenvalue weighted by Crippen LogP contribution is -2.42. The highest BCUT2D eigenvalue weighted by Crippen LogP contribution is 2.39. The Bertz CT molecular complexity index is 746. The lowest BCUT2D eigenvalue weighted by molar-refractivity contribution is -0.242. The van der Waals surface area contributed by atoms with Crippen LogP contribution in [0.4, 0.5) is 0 Å². The lowest BCUT2D eigenvalue weighted by Gasteiger charge is -2.40. The molecule has 0 amide bonds. The van der Waals surface area contributed by atoms with E-state index in [1.54, 1.807) is 7.11 Å². The maximum atomic E-state index is 10.1. The Morgan fingerprint density at radius 3 is 2.67 bits per heavy atom. The predicted octanol–water partition coefficient (Wildman–Crippen LogP) is 4.69. The summed E-state index contributed by atoms with van der Waals surface area (Å²) in [6.07, 6.45) is 2.94. The van der Waals surface area contributed by atoms with Crippen LogP contribution in [-0.2, 0) is 21.5 Å². The summed E-state index contributed by atoms with van der Waals surface area (Å²) in [5.41, 5.74) is 2.36. The summed E-state index contributed by atoms with van der Waals surface area (Å²) in [6, 6.07) is 13.9. The van der Waals surface area contributed by atoms with Crippen molar-refractivity contribution in [3.8, 4) is 5.75 Å². The van der Waals surface area contributed by atoms with E-state index in [0.29, 0.717) is 18.1 Å². The van der Waals surface area contributed by atoms with Gasteiger partial charge in [-0.1, -0.05) is 35.9 Å². The van der Waals surface area contributed by atoms with E-state index in [2.05, 4.69) is 0 Å². The molecule has 1 N–H and O–H groups in total. The molecule has 27 heavy (non-hydrogen) atoms. The Morgan fingerprint density at radius 1 is 1.22 bits per heavy atom. The predicted molar refractivity (Wildman–Crippen MR) is 106 cm³/mol. The minimum absolute atomic E-state index is 0.0863. The van der Waals surface area contributed by atoms with E-state index in [1.165, 1.54) is 0 Å². The SMILES string of the molecule is CCOc1ccc(Cc2cc(C3(CO)CCCC(OC)O3)ccc2Cl)cc1. The molecule has 4 nitrogen and oxygen atoms in total. The van der Waals surface area contributed by atoms with Gasteiger partial charge < -0.3 is 19.3 Å². The van der Waals surface area contributed by atoms with Crippen molar-refractivity contribution in [2.75, 3.05) is 20.3 Å². The van der Waals surface area contributed by atoms with Gasteiger partial charge in [0.1, 0.15) is 11.4 Å². The zero-order valence-corrected chi connectivity index (χ0v) is 16.7. The van der Waals surface area contributed by atoms with Crippen LogP contribution in [0.1, 0.15) is 42.9 Å². The van der Waals surface area contributed by atoms with Gasteiger partial charge in [0.2, 0.25) is 0 Å². The molecule has 1 aliphatic rings. The molecule has 1 fully saturated rings. The van der Waals surface area contributed by atoms with Gasteiger partial charge in [-0.05, 0) is 67.5 Å². The van der Waals surface area contributed by atoms with Gasteiger partial charge in [0.05, 0.1) is 13.2 Å². The summed E-state index contributed by atoms with van der Waals surface area (Å²) >= 11 is 6.46. The number of rotatable bonds is 7. The number of aliphatic hydroxyl groups excluding tert-OH is 1. The maximum absolute atomic E-state index is 10.1. The Morgan fingerprint density at radius 2 is 2.00 bits per heavy atom. The van der Waals surface area contributed by atoms with Crippen LogP contribution in [0.3, 0.4) is 0 Å². The standard InChI is InChI=1S/C22H27ClO4/c1-3-26-19-9-6-16(7-10-19)13-17-14-18(8-11-20(17)23)22(15-24)12-4-5-21(25-2)27-22/h6-11,14,21,24H,3-5,12-13,15H2,1-2H3. The smallest absolute Gasteiger partial charge is 0.158 e. The molecule has 1 aliphatic heterocycles. The number of hydrogen-bond acceptors (Lipinski definition) is 4. The highest BCUT2D eigenvalue weighted by atomic mass is 35.5. The zero-order valence-electron chi connectivity index (χ0n) is 15.9. The number of benzene rings is 2. The van der Waals surface area contributed by atoms with Gasteiger partial charge in [-0.15, -0.1) is 0 Å². The van der Waals surface area contributed by atoms with Crippen LogP contribution in [0.2, 0.25) is 5.02 Å². The lowest BCUT2D eigenvalue weighted by atomic mass is 9.85. The molecule has 1 heterocycles. The molecular weight excluding hydrogens is 364 g/mol. The van der Waals surface area contributed by atoms with Crippen LogP contribution in [0.25, 0.3) is 0 Å². The fourth-order valence-corrected chi connectivity index (χ4v) is 3.78. The molecule has 0 saturated carbocycles. The second-order valence-corrected chi connectivity index (χ2v) is 7.29. The highest BCUT2D eigenvalue weighted by molar-refractivity contribution is 6.31. The summed E-state index contributed by atoms with van der Waals surface area (Å²) in [5, 5.41) is 10.8. The molecule has 0 bridgehead atoms. The minimum Gasteiger partial charge on any atom is -0.494 e. The summed E-state index contributed by atoms with van der Waals surface area (Å²) in [7, 11) is 1.64. The second kappa shape index (κ2) is 9.07. The van der Waals surface area contributed by atoms with E-state index >= 15 is 0 Å². The van der Waals surface area contributed by atoms with Crippen molar-refractivity contribution < 1.29 is 19.3 Å². The van der Waals surface area contributed by atoms with Crippen molar-refractivity contribution in [1.29, 1.82) is 0 Å². The van der Waals surface area contributed by atoms with E-state index < -0.39 is 5.60 Å². The summed E-state index contributed by atoms with van der Waals surface area (Å²) in [4.78, 5) is 0. The number of methoxy groups -OCH3 is 1. The number of halogens is 1. The fourth-order valence-electron chi connectivity index (χ4n) is 3.59. The third-order valence-electron chi connectivity index (χ3n) is 5.10. The van der Waals surface area contributed by atoms with Crippen LogP contribution in [-0.4, -0.2) is 31.7 Å². The zero-order chi connectivity index (χ0) is 19.3. The van der Waals surface area contributed by atoms with Crippen LogP contribution in [0, 0.1) is 0 Å². The summed E-state index contributed by atoms with van der Waals surface area (Å²) in [6.45, 7) is 2.54. The monoisotopic (exact) mass is 390 g/mol. The average Bonchev–Trinajstić information content (AvgIpc) is 2.71. The number of aliphatic hydroxyl groups is 1. The van der Waals surface area contributed by atoms with Crippen molar-refractivity contribution in [2.24, 2.45) is 0 Å². The summed E-state index contributed by atoms with van der Waals surface area (Å²) in [5.74, 6) is 0.863. The van der Waals surface area contributed by atoms with Crippen molar-refractivity contribution >= 4 is 11.6 Å². The normalized spacial score (nSPS) is 22.6. The van der Waals surface area contributed by atoms with Gasteiger partial charge >= 0.3 is 0 Å². The topological polar surface area (TPSA) is 47.9 Å². The molecule has 0 spiro atoms. The molecular formula is C22H27ClO4. The van der Waals surface area contributed by atoms with Gasteiger partial charge in [0, 0.05) is 12.1 Å². The molecule has 2 unspecified atom stereocenters. The number of hydrogen-bond donors (Lipinski definition) is 1. The van der Waals surface area contributed by atoms with E-state index in [-0.39, 0.29) is 12.9 Å². The molecule has 0 radical (unpaired) electrons. The second-order valence-electron chi connectivity index (χ2n) is 6.89. The summed E-state index contributed by atoms with van der Waals surface area (Å²) < 4.78 is 17.0. The third kappa shape index (κ3) is 4.64. The molecule has 2 aromatic carbocycles. The third-order valence-corrected chi connectivity index (χ3v) is 5.47. The van der Waals surface area contributed by atoms with Crippen LogP contribution >= 0.6 is 11.6 Å². The Balaban J connectivity index is 1.85. The first-order valence-electron chi connectivity index (χ1n) is 9.42. The largest absolute Gasteiger partial charge is 0.494 e. The molecule has 0 aromatic heterocycles. The van der Waals surface area contributed by atoms with Gasteiger partial charge in [-0.2, -0.15) is 0 Å². The number of ether oxygens (including phenoxy) is 3. The first-order chi connectivity index (χ1) is 13.1. The maximum Gasteiger partial charge on any atom is 0.158 e. The molecule has 3 rings (SSSR count). The molecule has 0 aliphatic carbocycles. The highest BCUT2D eigenvalue weighted by Gasteiger charge is 2.39. The average molecular weight is 391 g/mol. The van der Waals surface area contributed by atoms with Gasteiger partial charge in [-0.25, -0.2) is 0 Å². The van der Waals surface area contributed by atoms with Gasteiger partial charge in [0.15, 0.2) is 6.29 Å². The molecule has 2 aromatic rings. The Labute approximate surface area is 166 Å². The quantitative estimate of drug-likeness (QED) is 0.745. The van der Waals surface area contributed by atoms with Gasteiger partial charge in [-0.3, -0.25) is 0 Å².